The summed E-state index contributed by atoms with van der Waals surface area (Å²) in [6.45, 7) is 1.82. The number of aromatic nitrogens is 4. The molecule has 3 heterocycles. The van der Waals surface area contributed by atoms with Crippen LogP contribution in [0.15, 0.2) is 36.8 Å². The van der Waals surface area contributed by atoms with E-state index in [1.807, 2.05) is 36.8 Å². The molecule has 0 spiro atoms. The normalized spacial score (nSPS) is 17.7. The number of nitrogens with zero attached hydrogens (tertiary/aromatic N) is 5. The zero-order valence-corrected chi connectivity index (χ0v) is 12.3. The minimum atomic E-state index is 0.711. The van der Waals surface area contributed by atoms with Gasteiger partial charge in [0, 0.05) is 24.7 Å². The van der Waals surface area contributed by atoms with Gasteiger partial charge in [-0.05, 0) is 25.0 Å². The summed E-state index contributed by atoms with van der Waals surface area (Å²) in [5.41, 5.74) is 4.52. The van der Waals surface area contributed by atoms with Crippen LogP contribution in [0.25, 0.3) is 11.0 Å². The van der Waals surface area contributed by atoms with E-state index in [0.717, 1.165) is 36.4 Å². The minimum absolute atomic E-state index is 0.711. The van der Waals surface area contributed by atoms with Gasteiger partial charge in [-0.15, -0.1) is 0 Å². The van der Waals surface area contributed by atoms with Crippen LogP contribution in [-0.2, 0) is 13.0 Å². The molecule has 1 aromatic carbocycles. The van der Waals surface area contributed by atoms with E-state index in [9.17, 15) is 0 Å². The van der Waals surface area contributed by atoms with Crippen molar-refractivity contribution in [3.8, 4) is 0 Å². The number of imidazole rings is 1. The van der Waals surface area contributed by atoms with Gasteiger partial charge in [0.1, 0.15) is 5.82 Å². The molecule has 22 heavy (non-hydrogen) atoms. The Balaban J connectivity index is 1.47. The molecular formula is C17H17N5. The molecule has 2 aromatic heterocycles. The van der Waals surface area contributed by atoms with Crippen molar-refractivity contribution in [3.63, 3.8) is 0 Å². The van der Waals surface area contributed by atoms with Gasteiger partial charge in [-0.2, -0.15) is 0 Å². The summed E-state index contributed by atoms with van der Waals surface area (Å²) in [7, 11) is 0. The number of hydrogen-bond acceptors (Lipinski definition) is 4. The number of rotatable bonds is 2. The summed E-state index contributed by atoms with van der Waals surface area (Å²) in [5, 5.41) is 0. The van der Waals surface area contributed by atoms with Gasteiger partial charge in [0.2, 0.25) is 0 Å². The molecule has 1 saturated carbocycles. The molecule has 2 aliphatic rings. The summed E-state index contributed by atoms with van der Waals surface area (Å²) in [6.07, 6.45) is 7.56. The third-order valence-corrected chi connectivity index (χ3v) is 4.64. The van der Waals surface area contributed by atoms with Gasteiger partial charge in [0.05, 0.1) is 35.8 Å². The highest BCUT2D eigenvalue weighted by Gasteiger charge is 2.29. The fourth-order valence-electron chi connectivity index (χ4n) is 3.29. The van der Waals surface area contributed by atoms with Crippen LogP contribution < -0.4 is 4.90 Å². The van der Waals surface area contributed by atoms with E-state index in [2.05, 4.69) is 19.4 Å². The van der Waals surface area contributed by atoms with Crippen molar-refractivity contribution in [3.05, 3.63) is 48.2 Å². The van der Waals surface area contributed by atoms with Crippen LogP contribution in [0.5, 0.6) is 0 Å². The summed E-state index contributed by atoms with van der Waals surface area (Å²) >= 11 is 0. The first kappa shape index (κ1) is 12.1. The maximum atomic E-state index is 4.75. The highest BCUT2D eigenvalue weighted by Crippen LogP contribution is 2.37. The first-order chi connectivity index (χ1) is 10.9. The molecular weight excluding hydrogens is 274 g/mol. The summed E-state index contributed by atoms with van der Waals surface area (Å²) in [6, 6.07) is 8.73. The molecule has 5 nitrogen and oxygen atoms in total. The highest BCUT2D eigenvalue weighted by molar-refractivity contribution is 5.75. The van der Waals surface area contributed by atoms with E-state index >= 15 is 0 Å². The second-order valence-electron chi connectivity index (χ2n) is 6.16. The molecule has 0 saturated heterocycles. The van der Waals surface area contributed by atoms with Gasteiger partial charge in [-0.25, -0.2) is 9.97 Å². The zero-order valence-electron chi connectivity index (χ0n) is 12.3. The van der Waals surface area contributed by atoms with Crippen molar-refractivity contribution in [2.24, 2.45) is 0 Å². The molecule has 3 aromatic rings. The number of fused-ring (bicyclic) bond motifs is 2. The van der Waals surface area contributed by atoms with Gasteiger partial charge in [0.15, 0.2) is 0 Å². The number of benzene rings is 1. The molecule has 5 rings (SSSR count). The van der Waals surface area contributed by atoms with Crippen molar-refractivity contribution in [1.29, 1.82) is 0 Å². The van der Waals surface area contributed by atoms with Crippen LogP contribution in [0.4, 0.5) is 5.82 Å². The van der Waals surface area contributed by atoms with Crippen molar-refractivity contribution >= 4 is 16.9 Å². The van der Waals surface area contributed by atoms with Crippen molar-refractivity contribution in [2.75, 3.05) is 11.4 Å². The smallest absolute Gasteiger partial charge is 0.148 e. The third kappa shape index (κ3) is 1.89. The molecule has 1 aliphatic heterocycles. The molecule has 0 radical (unpaired) electrons. The van der Waals surface area contributed by atoms with Gasteiger partial charge in [-0.1, -0.05) is 12.1 Å². The summed E-state index contributed by atoms with van der Waals surface area (Å²) < 4.78 is 2.39. The van der Waals surface area contributed by atoms with Crippen molar-refractivity contribution < 1.29 is 0 Å². The zero-order chi connectivity index (χ0) is 14.5. The van der Waals surface area contributed by atoms with Crippen LogP contribution >= 0.6 is 0 Å². The first-order valence-electron chi connectivity index (χ1n) is 7.90. The topological polar surface area (TPSA) is 46.8 Å². The van der Waals surface area contributed by atoms with Gasteiger partial charge >= 0.3 is 0 Å². The average molecular weight is 291 g/mol. The molecule has 0 amide bonds. The Morgan fingerprint density at radius 2 is 1.91 bits per heavy atom. The lowest BCUT2D eigenvalue weighted by Crippen LogP contribution is -2.32. The largest absolute Gasteiger partial charge is 0.349 e. The predicted octanol–water partition coefficient (Wildman–Crippen LogP) is 2.72. The maximum absolute atomic E-state index is 4.75. The average Bonchev–Trinajstić information content (AvgIpc) is 3.33. The van der Waals surface area contributed by atoms with Gasteiger partial charge in [0.25, 0.3) is 0 Å². The molecule has 1 fully saturated rings. The fourth-order valence-corrected chi connectivity index (χ4v) is 3.29. The van der Waals surface area contributed by atoms with E-state index in [1.165, 1.54) is 24.2 Å². The standard InChI is InChI=1S/C17H17N5/c1-2-4-14-13(3-1)18-9-17(20-14)21-8-7-16-15(10-21)19-11-22(16)12-5-6-12/h1-4,9,11-12H,5-8,10H2. The van der Waals surface area contributed by atoms with Crippen LogP contribution in [0.2, 0.25) is 0 Å². The Kier molecular flexibility index (Phi) is 2.50. The number of anilines is 1. The Morgan fingerprint density at radius 1 is 1.05 bits per heavy atom. The monoisotopic (exact) mass is 291 g/mol. The van der Waals surface area contributed by atoms with Crippen LogP contribution in [0, 0.1) is 0 Å². The van der Waals surface area contributed by atoms with Gasteiger partial charge < -0.3 is 9.47 Å². The van der Waals surface area contributed by atoms with E-state index in [4.69, 9.17) is 4.98 Å². The molecule has 5 heteroatoms. The summed E-state index contributed by atoms with van der Waals surface area (Å²) in [5.74, 6) is 0.949. The van der Waals surface area contributed by atoms with E-state index in [0.29, 0.717) is 6.04 Å². The Bertz CT molecular complexity index is 849. The quantitative estimate of drug-likeness (QED) is 0.728. The van der Waals surface area contributed by atoms with E-state index in [-0.39, 0.29) is 0 Å². The Hall–Kier alpha value is -2.43. The van der Waals surface area contributed by atoms with Gasteiger partial charge in [-0.3, -0.25) is 4.98 Å². The Morgan fingerprint density at radius 3 is 2.77 bits per heavy atom. The second-order valence-corrected chi connectivity index (χ2v) is 6.16. The number of para-hydroxylation sites is 2. The Labute approximate surface area is 128 Å². The fraction of sp³-hybridized carbons (Fsp3) is 0.353. The SMILES string of the molecule is c1ccc2nc(N3CCc4c(ncn4C4CC4)C3)cnc2c1. The first-order valence-corrected chi connectivity index (χ1v) is 7.90. The van der Waals surface area contributed by atoms with Crippen LogP contribution in [-0.4, -0.2) is 26.1 Å². The van der Waals surface area contributed by atoms with E-state index < -0.39 is 0 Å². The lowest BCUT2D eigenvalue weighted by Gasteiger charge is -2.28. The number of hydrogen-bond donors (Lipinski definition) is 0. The summed E-state index contributed by atoms with van der Waals surface area (Å²) in [4.78, 5) is 16.2. The predicted molar refractivity (Wildman–Crippen MR) is 84.8 cm³/mol. The lowest BCUT2D eigenvalue weighted by molar-refractivity contribution is 0.638. The van der Waals surface area contributed by atoms with Crippen LogP contribution in [0.1, 0.15) is 30.3 Å². The minimum Gasteiger partial charge on any atom is -0.349 e. The van der Waals surface area contributed by atoms with Crippen molar-refractivity contribution in [2.45, 2.75) is 31.8 Å². The molecule has 1 aliphatic carbocycles. The molecule has 0 atom stereocenters. The maximum Gasteiger partial charge on any atom is 0.148 e. The molecule has 0 bridgehead atoms. The third-order valence-electron chi connectivity index (χ3n) is 4.64. The highest BCUT2D eigenvalue weighted by atomic mass is 15.2. The molecule has 0 unspecified atom stereocenters. The lowest BCUT2D eigenvalue weighted by atomic mass is 10.1. The van der Waals surface area contributed by atoms with E-state index in [1.54, 1.807) is 0 Å². The second kappa shape index (κ2) is 4.53. The van der Waals surface area contributed by atoms with Crippen molar-refractivity contribution in [1.82, 2.24) is 19.5 Å². The molecule has 0 N–H and O–H groups in total. The molecule has 110 valence electrons. The van der Waals surface area contributed by atoms with Crippen LogP contribution in [0.3, 0.4) is 0 Å².